The summed E-state index contributed by atoms with van der Waals surface area (Å²) in [5, 5.41) is 14.9. The second-order valence-electron chi connectivity index (χ2n) is 6.85. The number of hydrogen-bond donors (Lipinski definition) is 2. The van der Waals surface area contributed by atoms with E-state index in [-0.39, 0.29) is 11.9 Å². The highest BCUT2D eigenvalue weighted by Gasteiger charge is 2.44. The molecule has 0 bridgehead atoms. The standard InChI is InChI=1S/C18H20N4O3S/c23-16-15(26-17-19-12-20-22(16)17)14(13-4-2-1-3-5-13)21-8-6-18(7-9-21)24-10-11-25-18/h1-5,12,14,23H,6-11H2/p+1/t14-/m0/s1. The predicted molar refractivity (Wildman–Crippen MR) is 95.4 cm³/mol. The molecule has 7 nitrogen and oxygen atoms in total. The molecule has 0 saturated carbocycles. The van der Waals surface area contributed by atoms with Crippen molar-refractivity contribution in [1.82, 2.24) is 14.6 Å². The number of ether oxygens (including phenoxy) is 2. The maximum Gasteiger partial charge on any atom is 0.235 e. The SMILES string of the molecule is Oc1c([C@H](c2ccccc2)[NH+]2CCC3(CC2)OCCO3)sc2ncnn12. The third-order valence-corrected chi connectivity index (χ3v) is 6.51. The Morgan fingerprint density at radius 2 is 1.88 bits per heavy atom. The van der Waals surface area contributed by atoms with Crippen LogP contribution in [0.15, 0.2) is 36.7 Å². The third kappa shape index (κ3) is 2.61. The quantitative estimate of drug-likeness (QED) is 0.717. The van der Waals surface area contributed by atoms with Crippen LogP contribution < -0.4 is 4.90 Å². The topological polar surface area (TPSA) is 73.3 Å². The van der Waals surface area contributed by atoms with Gasteiger partial charge < -0.3 is 19.5 Å². The summed E-state index contributed by atoms with van der Waals surface area (Å²) in [4.78, 5) is 7.27. The molecular weight excluding hydrogens is 352 g/mol. The Labute approximate surface area is 154 Å². The van der Waals surface area contributed by atoms with E-state index in [2.05, 4.69) is 22.2 Å². The van der Waals surface area contributed by atoms with E-state index >= 15 is 0 Å². The van der Waals surface area contributed by atoms with E-state index in [9.17, 15) is 5.11 Å². The molecule has 1 aromatic carbocycles. The minimum Gasteiger partial charge on any atom is -0.492 e. The smallest absolute Gasteiger partial charge is 0.235 e. The van der Waals surface area contributed by atoms with E-state index in [1.807, 2.05) is 18.2 Å². The van der Waals surface area contributed by atoms with Crippen LogP contribution in [0.3, 0.4) is 0 Å². The first-order chi connectivity index (χ1) is 12.8. The number of aromatic hydroxyl groups is 1. The summed E-state index contributed by atoms with van der Waals surface area (Å²) in [6.45, 7) is 3.22. The number of likely N-dealkylation sites (tertiary alicyclic amines) is 1. The van der Waals surface area contributed by atoms with E-state index in [0.29, 0.717) is 18.2 Å². The van der Waals surface area contributed by atoms with Crippen LogP contribution in [0.25, 0.3) is 4.96 Å². The summed E-state index contributed by atoms with van der Waals surface area (Å²) in [6.07, 6.45) is 3.21. The Balaban J connectivity index is 1.51. The van der Waals surface area contributed by atoms with Crippen molar-refractivity contribution in [2.75, 3.05) is 26.3 Å². The molecule has 1 atom stereocenters. The molecule has 2 aromatic heterocycles. The number of thiazole rings is 1. The molecule has 2 aliphatic rings. The lowest BCUT2D eigenvalue weighted by Crippen LogP contribution is -3.14. The molecule has 2 saturated heterocycles. The summed E-state index contributed by atoms with van der Waals surface area (Å²) in [6, 6.07) is 10.4. The summed E-state index contributed by atoms with van der Waals surface area (Å²) in [7, 11) is 0. The van der Waals surface area contributed by atoms with Crippen LogP contribution in [0.5, 0.6) is 5.88 Å². The second kappa shape index (κ2) is 6.31. The molecule has 136 valence electrons. The molecule has 8 heteroatoms. The van der Waals surface area contributed by atoms with Crippen LogP contribution in [0.4, 0.5) is 0 Å². The fourth-order valence-electron chi connectivity index (χ4n) is 4.13. The molecule has 0 aliphatic carbocycles. The van der Waals surface area contributed by atoms with Crippen molar-refractivity contribution in [3.63, 3.8) is 0 Å². The van der Waals surface area contributed by atoms with Gasteiger partial charge in [-0.05, 0) is 0 Å². The summed E-state index contributed by atoms with van der Waals surface area (Å²) in [5.74, 6) is -0.198. The zero-order valence-electron chi connectivity index (χ0n) is 14.3. The molecule has 2 aliphatic heterocycles. The highest BCUT2D eigenvalue weighted by atomic mass is 32.1. The van der Waals surface area contributed by atoms with Gasteiger partial charge in [-0.1, -0.05) is 41.7 Å². The van der Waals surface area contributed by atoms with Crippen LogP contribution in [0.2, 0.25) is 0 Å². The van der Waals surface area contributed by atoms with Crippen molar-refractivity contribution < 1.29 is 19.5 Å². The first-order valence-electron chi connectivity index (χ1n) is 8.95. The predicted octanol–water partition coefficient (Wildman–Crippen LogP) is 1.01. The largest absolute Gasteiger partial charge is 0.492 e. The van der Waals surface area contributed by atoms with Crippen LogP contribution in [0.1, 0.15) is 29.3 Å². The first kappa shape index (κ1) is 16.2. The highest BCUT2D eigenvalue weighted by molar-refractivity contribution is 7.17. The van der Waals surface area contributed by atoms with Crippen molar-refractivity contribution in [2.24, 2.45) is 0 Å². The molecule has 0 radical (unpaired) electrons. The number of fused-ring (bicyclic) bond motifs is 1. The first-order valence-corrected chi connectivity index (χ1v) is 9.76. The van der Waals surface area contributed by atoms with Gasteiger partial charge in [-0.2, -0.15) is 9.61 Å². The molecule has 2 N–H and O–H groups in total. The van der Waals surface area contributed by atoms with Crippen molar-refractivity contribution in [2.45, 2.75) is 24.7 Å². The lowest BCUT2D eigenvalue weighted by Gasteiger charge is -2.38. The van der Waals surface area contributed by atoms with E-state index in [4.69, 9.17) is 9.47 Å². The number of nitrogens with zero attached hydrogens (tertiary/aromatic N) is 3. The van der Waals surface area contributed by atoms with Gasteiger partial charge in [0.05, 0.1) is 39.1 Å². The summed E-state index contributed by atoms with van der Waals surface area (Å²) in [5.41, 5.74) is 1.19. The van der Waals surface area contributed by atoms with Gasteiger partial charge in [-0.3, -0.25) is 0 Å². The van der Waals surface area contributed by atoms with Crippen LogP contribution in [-0.4, -0.2) is 51.8 Å². The molecule has 4 heterocycles. The molecule has 0 unspecified atom stereocenters. The normalized spacial score (nSPS) is 21.5. The van der Waals surface area contributed by atoms with Crippen LogP contribution in [0, 0.1) is 0 Å². The Kier molecular flexibility index (Phi) is 3.93. The monoisotopic (exact) mass is 373 g/mol. The van der Waals surface area contributed by atoms with Crippen molar-refractivity contribution >= 4 is 16.3 Å². The van der Waals surface area contributed by atoms with Crippen LogP contribution >= 0.6 is 11.3 Å². The molecule has 0 amide bonds. The molecule has 26 heavy (non-hydrogen) atoms. The fourth-order valence-corrected chi connectivity index (χ4v) is 5.24. The van der Waals surface area contributed by atoms with Gasteiger partial charge in [0, 0.05) is 5.56 Å². The average Bonchev–Trinajstić information content (AvgIpc) is 3.38. The molecule has 5 rings (SSSR count). The zero-order chi connectivity index (χ0) is 17.6. The Morgan fingerprint density at radius 1 is 1.15 bits per heavy atom. The minimum absolute atomic E-state index is 0.0449. The number of quaternary nitrogens is 1. The molecule has 1 spiro atoms. The molecule has 2 fully saturated rings. The minimum atomic E-state index is -0.391. The van der Waals surface area contributed by atoms with Gasteiger partial charge in [0.2, 0.25) is 10.8 Å². The van der Waals surface area contributed by atoms with Crippen molar-refractivity contribution in [1.29, 1.82) is 0 Å². The summed E-state index contributed by atoms with van der Waals surface area (Å²) < 4.78 is 13.3. The maximum atomic E-state index is 10.8. The van der Waals surface area contributed by atoms with E-state index in [1.165, 1.54) is 32.6 Å². The van der Waals surface area contributed by atoms with Gasteiger partial charge in [0.25, 0.3) is 0 Å². The summed E-state index contributed by atoms with van der Waals surface area (Å²) >= 11 is 1.51. The maximum absolute atomic E-state index is 10.8. The Bertz CT molecular complexity index is 894. The lowest BCUT2D eigenvalue weighted by molar-refractivity contribution is -0.933. The van der Waals surface area contributed by atoms with Crippen LogP contribution in [-0.2, 0) is 9.47 Å². The zero-order valence-corrected chi connectivity index (χ0v) is 15.1. The van der Waals surface area contributed by atoms with Crippen molar-refractivity contribution in [3.8, 4) is 5.88 Å². The number of nitrogens with one attached hydrogen (secondary N) is 1. The fraction of sp³-hybridized carbons (Fsp3) is 0.444. The molecular formula is C18H21N4O3S+. The average molecular weight is 373 g/mol. The Hall–Kier alpha value is -2.00. The number of benzene rings is 1. The van der Waals surface area contributed by atoms with Gasteiger partial charge in [-0.15, -0.1) is 0 Å². The van der Waals surface area contributed by atoms with Gasteiger partial charge in [0.15, 0.2) is 11.8 Å². The number of rotatable bonds is 3. The van der Waals surface area contributed by atoms with Crippen molar-refractivity contribution in [3.05, 3.63) is 47.1 Å². The third-order valence-electron chi connectivity index (χ3n) is 5.41. The van der Waals surface area contributed by atoms with Gasteiger partial charge >= 0.3 is 0 Å². The van der Waals surface area contributed by atoms with E-state index < -0.39 is 5.79 Å². The van der Waals surface area contributed by atoms with E-state index in [1.54, 1.807) is 0 Å². The van der Waals surface area contributed by atoms with E-state index in [0.717, 1.165) is 30.8 Å². The Morgan fingerprint density at radius 3 is 2.58 bits per heavy atom. The van der Waals surface area contributed by atoms with Gasteiger partial charge in [0.1, 0.15) is 11.2 Å². The highest BCUT2D eigenvalue weighted by Crippen LogP contribution is 2.36. The second-order valence-corrected chi connectivity index (χ2v) is 7.86. The molecule has 3 aromatic rings. The number of hydrogen-bond acceptors (Lipinski definition) is 6. The number of piperidine rings is 1. The lowest BCUT2D eigenvalue weighted by atomic mass is 9.97. The van der Waals surface area contributed by atoms with Gasteiger partial charge in [-0.25, -0.2) is 4.98 Å². The number of aromatic nitrogens is 3.